The molecule has 1 aromatic rings. The maximum absolute atomic E-state index is 10.8. The first-order valence-electron chi connectivity index (χ1n) is 6.52. The maximum Gasteiger partial charge on any atom is 0.308 e. The van der Waals surface area contributed by atoms with Crippen LogP contribution in [0.1, 0.15) is 42.8 Å². The molecule has 5 heteroatoms. The van der Waals surface area contributed by atoms with Crippen LogP contribution in [0.15, 0.2) is 0 Å². The van der Waals surface area contributed by atoms with E-state index >= 15 is 0 Å². The quantitative estimate of drug-likeness (QED) is 0.789. The van der Waals surface area contributed by atoms with Gasteiger partial charge >= 0.3 is 5.97 Å². The number of thiazole rings is 1. The van der Waals surface area contributed by atoms with Gasteiger partial charge in [0.1, 0.15) is 5.01 Å². The second-order valence-electron chi connectivity index (χ2n) is 4.26. The van der Waals surface area contributed by atoms with Crippen LogP contribution in [0.2, 0.25) is 0 Å². The topological polar surface area (TPSA) is 53.4 Å². The second kappa shape index (κ2) is 7.48. The number of carboxylic acid groups (broad SMARTS) is 1. The third-order valence-corrected chi connectivity index (χ3v) is 3.96. The van der Waals surface area contributed by atoms with Gasteiger partial charge in [0.2, 0.25) is 0 Å². The molecule has 0 spiro atoms. The second-order valence-corrected chi connectivity index (χ2v) is 5.43. The Balaban J connectivity index is 2.83. The van der Waals surface area contributed by atoms with Crippen LogP contribution in [0.3, 0.4) is 0 Å². The molecule has 0 unspecified atom stereocenters. The lowest BCUT2D eigenvalue weighted by Crippen LogP contribution is -2.21. The standard InChI is InChI=1S/C13H22N2O2S/c1-4-7-10-11(8-13(16)17)18-12(14-10)9-15(5-2)6-3/h4-9H2,1-3H3,(H,16,17). The smallest absolute Gasteiger partial charge is 0.308 e. The van der Waals surface area contributed by atoms with Crippen molar-refractivity contribution in [1.29, 1.82) is 0 Å². The normalized spacial score (nSPS) is 11.1. The van der Waals surface area contributed by atoms with Gasteiger partial charge in [-0.2, -0.15) is 0 Å². The monoisotopic (exact) mass is 270 g/mol. The summed E-state index contributed by atoms with van der Waals surface area (Å²) in [4.78, 5) is 18.7. The number of carbonyl (C=O) groups is 1. The van der Waals surface area contributed by atoms with Crippen LogP contribution in [0.4, 0.5) is 0 Å². The van der Waals surface area contributed by atoms with Crippen molar-refractivity contribution in [1.82, 2.24) is 9.88 Å². The molecule has 0 aliphatic carbocycles. The molecule has 0 aromatic carbocycles. The average Bonchev–Trinajstić information content (AvgIpc) is 2.68. The minimum atomic E-state index is -0.773. The van der Waals surface area contributed by atoms with Crippen molar-refractivity contribution < 1.29 is 9.90 Å². The van der Waals surface area contributed by atoms with Crippen molar-refractivity contribution >= 4 is 17.3 Å². The van der Waals surface area contributed by atoms with Crippen LogP contribution in [0.25, 0.3) is 0 Å². The predicted octanol–water partition coefficient (Wildman–Crippen LogP) is 2.56. The molecule has 0 atom stereocenters. The van der Waals surface area contributed by atoms with E-state index in [1.165, 1.54) is 0 Å². The lowest BCUT2D eigenvalue weighted by molar-refractivity contribution is -0.136. The molecule has 0 radical (unpaired) electrons. The van der Waals surface area contributed by atoms with Gasteiger partial charge in [0.05, 0.1) is 18.7 Å². The van der Waals surface area contributed by atoms with Crippen molar-refractivity contribution in [3.8, 4) is 0 Å². The number of nitrogens with zero attached hydrogens (tertiary/aromatic N) is 2. The van der Waals surface area contributed by atoms with Crippen molar-refractivity contribution in [2.75, 3.05) is 13.1 Å². The minimum absolute atomic E-state index is 0.102. The van der Waals surface area contributed by atoms with E-state index in [9.17, 15) is 4.79 Å². The van der Waals surface area contributed by atoms with Gasteiger partial charge in [-0.05, 0) is 19.5 Å². The highest BCUT2D eigenvalue weighted by atomic mass is 32.1. The van der Waals surface area contributed by atoms with Gasteiger partial charge in [-0.25, -0.2) is 4.98 Å². The molecule has 1 heterocycles. The van der Waals surface area contributed by atoms with E-state index in [4.69, 9.17) is 5.11 Å². The summed E-state index contributed by atoms with van der Waals surface area (Å²) in [5.74, 6) is -0.773. The lowest BCUT2D eigenvalue weighted by atomic mass is 10.2. The number of aliphatic carboxylic acids is 1. The van der Waals surface area contributed by atoms with E-state index in [0.29, 0.717) is 0 Å². The Bertz CT molecular complexity index is 386. The molecule has 1 rings (SSSR count). The van der Waals surface area contributed by atoms with Gasteiger partial charge in [0.25, 0.3) is 0 Å². The molecule has 0 bridgehead atoms. The first kappa shape index (κ1) is 15.1. The molecular weight excluding hydrogens is 248 g/mol. The fraction of sp³-hybridized carbons (Fsp3) is 0.692. The molecule has 102 valence electrons. The van der Waals surface area contributed by atoms with Crippen LogP contribution in [0, 0.1) is 0 Å². The Labute approximate surface area is 113 Å². The average molecular weight is 270 g/mol. The SMILES string of the molecule is CCCc1nc(CN(CC)CC)sc1CC(=O)O. The van der Waals surface area contributed by atoms with Crippen LogP contribution in [0.5, 0.6) is 0 Å². The summed E-state index contributed by atoms with van der Waals surface area (Å²) in [5.41, 5.74) is 0.979. The molecule has 0 saturated heterocycles. The fourth-order valence-corrected chi connectivity index (χ4v) is 3.00. The zero-order valence-corrected chi connectivity index (χ0v) is 12.2. The molecule has 18 heavy (non-hydrogen) atoms. The number of carboxylic acids is 1. The number of hydrogen-bond acceptors (Lipinski definition) is 4. The minimum Gasteiger partial charge on any atom is -0.481 e. The molecule has 0 aliphatic heterocycles. The summed E-state index contributed by atoms with van der Waals surface area (Å²) in [7, 11) is 0. The predicted molar refractivity (Wildman–Crippen MR) is 74.1 cm³/mol. The van der Waals surface area contributed by atoms with Gasteiger partial charge in [0, 0.05) is 4.88 Å². The molecule has 4 nitrogen and oxygen atoms in total. The first-order valence-corrected chi connectivity index (χ1v) is 7.33. The van der Waals surface area contributed by atoms with E-state index in [2.05, 4.69) is 30.7 Å². The number of rotatable bonds is 8. The van der Waals surface area contributed by atoms with Gasteiger partial charge < -0.3 is 5.11 Å². The lowest BCUT2D eigenvalue weighted by Gasteiger charge is -2.15. The summed E-state index contributed by atoms with van der Waals surface area (Å²) < 4.78 is 0. The van der Waals surface area contributed by atoms with Gasteiger partial charge in [-0.15, -0.1) is 11.3 Å². The highest BCUT2D eigenvalue weighted by Crippen LogP contribution is 2.22. The Morgan fingerprint density at radius 2 is 2.00 bits per heavy atom. The Morgan fingerprint density at radius 3 is 2.50 bits per heavy atom. The van der Waals surface area contributed by atoms with E-state index < -0.39 is 5.97 Å². The Kier molecular flexibility index (Phi) is 6.29. The maximum atomic E-state index is 10.8. The summed E-state index contributed by atoms with van der Waals surface area (Å²) in [6.45, 7) is 9.16. The van der Waals surface area contributed by atoms with E-state index in [0.717, 1.165) is 48.1 Å². The van der Waals surface area contributed by atoms with Crippen LogP contribution >= 0.6 is 11.3 Å². The molecule has 0 saturated carbocycles. The number of hydrogen-bond donors (Lipinski definition) is 1. The molecule has 0 fully saturated rings. The summed E-state index contributed by atoms with van der Waals surface area (Å²) in [6.07, 6.45) is 1.98. The van der Waals surface area contributed by atoms with Gasteiger partial charge in [-0.3, -0.25) is 9.69 Å². The summed E-state index contributed by atoms with van der Waals surface area (Å²) >= 11 is 1.55. The van der Waals surface area contributed by atoms with Crippen LogP contribution in [-0.2, 0) is 24.2 Å². The zero-order chi connectivity index (χ0) is 13.5. The Hall–Kier alpha value is -0.940. The molecular formula is C13H22N2O2S. The highest BCUT2D eigenvalue weighted by Gasteiger charge is 2.14. The van der Waals surface area contributed by atoms with E-state index in [-0.39, 0.29) is 6.42 Å². The number of aryl methyl sites for hydroxylation is 1. The van der Waals surface area contributed by atoms with Crippen LogP contribution in [-0.4, -0.2) is 34.0 Å². The summed E-state index contributed by atoms with van der Waals surface area (Å²) in [5, 5.41) is 9.95. The molecule has 1 aromatic heterocycles. The first-order chi connectivity index (χ1) is 8.60. The molecule has 1 N–H and O–H groups in total. The van der Waals surface area contributed by atoms with Crippen molar-refractivity contribution in [2.24, 2.45) is 0 Å². The van der Waals surface area contributed by atoms with Gasteiger partial charge in [-0.1, -0.05) is 27.2 Å². The van der Waals surface area contributed by atoms with Crippen molar-refractivity contribution in [3.63, 3.8) is 0 Å². The van der Waals surface area contributed by atoms with Crippen LogP contribution < -0.4 is 0 Å². The third-order valence-electron chi connectivity index (χ3n) is 2.87. The van der Waals surface area contributed by atoms with E-state index in [1.54, 1.807) is 11.3 Å². The molecule has 0 amide bonds. The highest BCUT2D eigenvalue weighted by molar-refractivity contribution is 7.11. The zero-order valence-electron chi connectivity index (χ0n) is 11.4. The fourth-order valence-electron chi connectivity index (χ4n) is 1.85. The number of aromatic nitrogens is 1. The van der Waals surface area contributed by atoms with Crippen molar-refractivity contribution in [3.05, 3.63) is 15.6 Å². The van der Waals surface area contributed by atoms with Crippen molar-refractivity contribution in [2.45, 2.75) is 46.6 Å². The molecule has 0 aliphatic rings. The third kappa shape index (κ3) is 4.38. The largest absolute Gasteiger partial charge is 0.481 e. The Morgan fingerprint density at radius 1 is 1.33 bits per heavy atom. The van der Waals surface area contributed by atoms with Gasteiger partial charge in [0.15, 0.2) is 0 Å². The van der Waals surface area contributed by atoms with E-state index in [1.807, 2.05) is 0 Å². The summed E-state index contributed by atoms with van der Waals surface area (Å²) in [6, 6.07) is 0.